The molecule has 0 aromatic heterocycles. The van der Waals surface area contributed by atoms with Gasteiger partial charge in [-0.05, 0) is 72.8 Å². The van der Waals surface area contributed by atoms with E-state index in [4.69, 9.17) is 18.9 Å². The summed E-state index contributed by atoms with van der Waals surface area (Å²) in [6.45, 7) is 5.60. The lowest BCUT2D eigenvalue weighted by Crippen LogP contribution is -2.68. The van der Waals surface area contributed by atoms with Crippen LogP contribution >= 0.6 is 0 Å². The molecule has 1 saturated heterocycles. The zero-order chi connectivity index (χ0) is 24.1. The van der Waals surface area contributed by atoms with Crippen LogP contribution in [-0.2, 0) is 12.8 Å². The monoisotopic (exact) mass is 468 g/mol. The maximum Gasteiger partial charge on any atom is 0.161 e. The van der Waals surface area contributed by atoms with Crippen LogP contribution in [0.1, 0.15) is 48.2 Å². The molecule has 2 aromatic carbocycles. The van der Waals surface area contributed by atoms with Crippen LogP contribution in [0.5, 0.6) is 23.0 Å². The van der Waals surface area contributed by atoms with E-state index in [0.29, 0.717) is 11.8 Å². The van der Waals surface area contributed by atoms with Gasteiger partial charge in [-0.1, -0.05) is 6.92 Å². The van der Waals surface area contributed by atoms with Gasteiger partial charge in [0, 0.05) is 18.1 Å². The van der Waals surface area contributed by atoms with Gasteiger partial charge in [-0.25, -0.2) is 0 Å². The van der Waals surface area contributed by atoms with Gasteiger partial charge in [0.25, 0.3) is 0 Å². The number of methoxy groups -OCH3 is 4. The fourth-order valence-electron chi connectivity index (χ4n) is 6.82. The van der Waals surface area contributed by atoms with Gasteiger partial charge in [0.15, 0.2) is 23.0 Å². The second-order valence-corrected chi connectivity index (χ2v) is 9.52. The van der Waals surface area contributed by atoms with Crippen molar-refractivity contribution in [3.05, 3.63) is 46.5 Å². The number of piperazine rings is 1. The van der Waals surface area contributed by atoms with E-state index in [1.807, 2.05) is 0 Å². The van der Waals surface area contributed by atoms with E-state index in [0.717, 1.165) is 42.2 Å². The average molecular weight is 469 g/mol. The van der Waals surface area contributed by atoms with E-state index >= 15 is 0 Å². The fraction of sp³-hybridized carbons (Fsp3) is 0.556. The molecule has 0 saturated carbocycles. The highest BCUT2D eigenvalue weighted by atomic mass is 16.5. The summed E-state index contributed by atoms with van der Waals surface area (Å²) in [5, 5.41) is 10.7. The minimum absolute atomic E-state index is 0.0632. The number of hydrogen-bond acceptors (Lipinski definition) is 7. The molecule has 5 rings (SSSR count). The molecule has 1 N–H and O–H groups in total. The van der Waals surface area contributed by atoms with Crippen LogP contribution in [0.4, 0.5) is 0 Å². The molecule has 1 fully saturated rings. The first-order valence-corrected chi connectivity index (χ1v) is 12.1. The summed E-state index contributed by atoms with van der Waals surface area (Å²) in [5.41, 5.74) is 4.99. The Morgan fingerprint density at radius 1 is 0.794 bits per heavy atom. The molecule has 34 heavy (non-hydrogen) atoms. The highest BCUT2D eigenvalue weighted by Gasteiger charge is 2.53. The van der Waals surface area contributed by atoms with Crippen molar-refractivity contribution in [2.75, 3.05) is 41.6 Å². The lowest BCUT2D eigenvalue weighted by molar-refractivity contribution is -0.101. The van der Waals surface area contributed by atoms with E-state index in [9.17, 15) is 5.11 Å². The Kier molecular flexibility index (Phi) is 6.12. The van der Waals surface area contributed by atoms with Gasteiger partial charge in [0.05, 0.1) is 47.1 Å². The Bertz CT molecular complexity index is 1070. The number of fused-ring (bicyclic) bond motifs is 7. The standard InChI is InChI=1S/C27H36N2O5/c1-7-28-20-8-17-11-24(32-4)26(34-6)13-19(17)27(28)21-9-16-10-23(31-3)25(33-5)12-18(16)22(14-30)29(21)15(20)2/h10-13,15,20-22,27,30H,7-9,14H2,1-6H3/t15-,20-,21-,22-,27+/m0/s1. The molecule has 3 heterocycles. The van der Waals surface area contributed by atoms with Crippen molar-refractivity contribution in [2.24, 2.45) is 0 Å². The number of ether oxygens (including phenoxy) is 4. The van der Waals surface area contributed by atoms with Crippen LogP contribution in [0, 0.1) is 0 Å². The topological polar surface area (TPSA) is 63.6 Å². The first-order chi connectivity index (χ1) is 16.5. The van der Waals surface area contributed by atoms with Crippen molar-refractivity contribution in [1.82, 2.24) is 9.80 Å². The Hall–Kier alpha value is -2.48. The minimum Gasteiger partial charge on any atom is -0.493 e. The van der Waals surface area contributed by atoms with E-state index in [-0.39, 0.29) is 30.8 Å². The van der Waals surface area contributed by atoms with Gasteiger partial charge < -0.3 is 24.1 Å². The lowest BCUT2D eigenvalue weighted by Gasteiger charge is -2.61. The summed E-state index contributed by atoms with van der Waals surface area (Å²) in [6, 6.07) is 9.45. The summed E-state index contributed by atoms with van der Waals surface area (Å²) in [7, 11) is 6.73. The van der Waals surface area contributed by atoms with Crippen LogP contribution < -0.4 is 18.9 Å². The fourth-order valence-corrected chi connectivity index (χ4v) is 6.82. The molecule has 5 atom stereocenters. The van der Waals surface area contributed by atoms with Gasteiger partial charge in [0.1, 0.15) is 0 Å². The van der Waals surface area contributed by atoms with Crippen molar-refractivity contribution < 1.29 is 24.1 Å². The van der Waals surface area contributed by atoms with Crippen LogP contribution in [0.2, 0.25) is 0 Å². The van der Waals surface area contributed by atoms with Crippen LogP contribution in [0.3, 0.4) is 0 Å². The molecular weight excluding hydrogens is 432 g/mol. The molecule has 184 valence electrons. The molecule has 0 radical (unpaired) electrons. The molecule has 3 aliphatic rings. The van der Waals surface area contributed by atoms with Gasteiger partial charge in [-0.3, -0.25) is 9.80 Å². The number of aliphatic hydroxyl groups excluding tert-OH is 1. The van der Waals surface area contributed by atoms with Gasteiger partial charge in [-0.2, -0.15) is 0 Å². The Morgan fingerprint density at radius 3 is 1.82 bits per heavy atom. The molecular formula is C27H36N2O5. The van der Waals surface area contributed by atoms with Gasteiger partial charge in [-0.15, -0.1) is 0 Å². The second-order valence-electron chi connectivity index (χ2n) is 9.52. The van der Waals surface area contributed by atoms with Crippen molar-refractivity contribution >= 4 is 0 Å². The molecule has 7 heteroatoms. The van der Waals surface area contributed by atoms with E-state index in [1.165, 1.54) is 16.7 Å². The van der Waals surface area contributed by atoms with E-state index in [1.54, 1.807) is 28.4 Å². The number of likely N-dealkylation sites (N-methyl/N-ethyl adjacent to an activating group) is 1. The third-order valence-electron chi connectivity index (χ3n) is 8.28. The Labute approximate surface area is 202 Å². The number of nitrogens with zero attached hydrogens (tertiary/aromatic N) is 2. The molecule has 0 spiro atoms. The third-order valence-corrected chi connectivity index (χ3v) is 8.28. The summed E-state index contributed by atoms with van der Waals surface area (Å²) in [5.74, 6) is 2.99. The zero-order valence-corrected chi connectivity index (χ0v) is 21.0. The number of aliphatic hydroxyl groups is 1. The predicted molar refractivity (Wildman–Crippen MR) is 130 cm³/mol. The molecule has 3 aliphatic heterocycles. The lowest BCUT2D eigenvalue weighted by atomic mass is 9.72. The van der Waals surface area contributed by atoms with E-state index < -0.39 is 0 Å². The van der Waals surface area contributed by atoms with Crippen molar-refractivity contribution in [3.63, 3.8) is 0 Å². The van der Waals surface area contributed by atoms with Gasteiger partial charge in [0.2, 0.25) is 0 Å². The second kappa shape index (κ2) is 8.95. The molecule has 2 bridgehead atoms. The summed E-state index contributed by atoms with van der Waals surface area (Å²) in [6.07, 6.45) is 1.82. The molecule has 7 nitrogen and oxygen atoms in total. The smallest absolute Gasteiger partial charge is 0.161 e. The summed E-state index contributed by atoms with van der Waals surface area (Å²) in [4.78, 5) is 5.22. The largest absolute Gasteiger partial charge is 0.493 e. The van der Waals surface area contributed by atoms with Gasteiger partial charge >= 0.3 is 0 Å². The normalized spacial score (nSPS) is 27.9. The molecule has 2 aromatic rings. The average Bonchev–Trinajstić information content (AvgIpc) is 2.87. The molecule has 0 amide bonds. The quantitative estimate of drug-likeness (QED) is 0.697. The SMILES string of the molecule is CCN1[C@@H]2c3cc(OC)c(OC)cc3C[C@H]1[C@H](C)N1[C@@H](CO)c3cc(OC)c(OC)cc3C[C@@H]21. The Morgan fingerprint density at radius 2 is 1.29 bits per heavy atom. The van der Waals surface area contributed by atoms with Crippen molar-refractivity contribution in [3.8, 4) is 23.0 Å². The minimum atomic E-state index is -0.0887. The maximum absolute atomic E-state index is 10.7. The number of benzene rings is 2. The number of hydrogen-bond donors (Lipinski definition) is 1. The number of rotatable bonds is 6. The van der Waals surface area contributed by atoms with Crippen LogP contribution in [0.25, 0.3) is 0 Å². The van der Waals surface area contributed by atoms with E-state index in [2.05, 4.69) is 47.9 Å². The maximum atomic E-state index is 10.7. The molecule has 0 aliphatic carbocycles. The first kappa shape index (κ1) is 23.3. The Balaban J connectivity index is 1.68. The third kappa shape index (κ3) is 3.28. The van der Waals surface area contributed by atoms with Crippen molar-refractivity contribution in [1.29, 1.82) is 0 Å². The predicted octanol–water partition coefficient (Wildman–Crippen LogP) is 3.37. The van der Waals surface area contributed by atoms with Crippen molar-refractivity contribution in [2.45, 2.75) is 56.9 Å². The molecule has 0 unspecified atom stereocenters. The summed E-state index contributed by atoms with van der Waals surface area (Å²) >= 11 is 0. The highest BCUT2D eigenvalue weighted by molar-refractivity contribution is 5.53. The summed E-state index contributed by atoms with van der Waals surface area (Å²) < 4.78 is 22.5. The zero-order valence-electron chi connectivity index (χ0n) is 21.0. The first-order valence-electron chi connectivity index (χ1n) is 12.1. The van der Waals surface area contributed by atoms with Crippen LogP contribution in [0.15, 0.2) is 24.3 Å². The van der Waals surface area contributed by atoms with Crippen LogP contribution in [-0.4, -0.2) is 74.6 Å². The highest BCUT2D eigenvalue weighted by Crippen LogP contribution is 2.52.